The fourth-order valence-electron chi connectivity index (χ4n) is 3.47. The van der Waals surface area contributed by atoms with E-state index in [0.29, 0.717) is 24.5 Å². The number of nitrogens with zero attached hydrogens (tertiary/aromatic N) is 2. The predicted octanol–water partition coefficient (Wildman–Crippen LogP) is 3.96. The van der Waals surface area contributed by atoms with Crippen molar-refractivity contribution >= 4 is 0 Å². The zero-order chi connectivity index (χ0) is 18.7. The Labute approximate surface area is 147 Å². The molecule has 0 radical (unpaired) electrons. The summed E-state index contributed by atoms with van der Waals surface area (Å²) in [6, 6.07) is 2.84. The Bertz CT molecular complexity index is 536. The summed E-state index contributed by atoms with van der Waals surface area (Å²) in [6.45, 7) is 5.63. The van der Waals surface area contributed by atoms with Crippen molar-refractivity contribution in [3.8, 4) is 5.75 Å². The Balaban J connectivity index is 0.00000109. The molecule has 1 aliphatic carbocycles. The number of aliphatic hydroxyl groups is 1. The number of likely N-dealkylation sites (tertiary alicyclic amines) is 1. The smallest absolute Gasteiger partial charge is 0.404 e. The van der Waals surface area contributed by atoms with Gasteiger partial charge in [-0.05, 0) is 50.8 Å². The van der Waals surface area contributed by atoms with E-state index < -0.39 is 12.0 Å². The van der Waals surface area contributed by atoms with Gasteiger partial charge in [0.25, 0.3) is 0 Å². The standard InChI is InChI=1S/C16H21F3N2O2.C2H6/c1-21-8-6-15(22,7-9-21)14(11-2-3-11)13-5-4-12(10-20-13)23-16(17,18)19;1-2/h4-5,10-11,14,22H,2-3,6-9H2,1H3;1-2H3. The van der Waals surface area contributed by atoms with Gasteiger partial charge in [0.15, 0.2) is 0 Å². The number of aromatic nitrogens is 1. The lowest BCUT2D eigenvalue weighted by Gasteiger charge is -2.42. The first-order valence-electron chi connectivity index (χ1n) is 8.89. The van der Waals surface area contributed by atoms with Crippen LogP contribution in [-0.2, 0) is 0 Å². The molecule has 1 N–H and O–H groups in total. The molecule has 142 valence electrons. The first kappa shape index (κ1) is 20.0. The molecule has 1 aliphatic heterocycles. The molecule has 1 unspecified atom stereocenters. The molecule has 7 heteroatoms. The summed E-state index contributed by atoms with van der Waals surface area (Å²) < 4.78 is 40.6. The fourth-order valence-corrected chi connectivity index (χ4v) is 3.47. The molecule has 4 nitrogen and oxygen atoms in total. The van der Waals surface area contributed by atoms with Crippen molar-refractivity contribution < 1.29 is 23.0 Å². The quantitative estimate of drug-likeness (QED) is 0.883. The summed E-state index contributed by atoms with van der Waals surface area (Å²) in [5.74, 6) is -0.0763. The van der Waals surface area contributed by atoms with E-state index in [1.807, 2.05) is 20.9 Å². The number of piperidine rings is 1. The summed E-state index contributed by atoms with van der Waals surface area (Å²) in [4.78, 5) is 6.34. The molecule has 2 heterocycles. The summed E-state index contributed by atoms with van der Waals surface area (Å²) in [6.07, 6.45) is -0.237. The number of hydrogen-bond acceptors (Lipinski definition) is 4. The van der Waals surface area contributed by atoms with Gasteiger partial charge in [0, 0.05) is 24.7 Å². The van der Waals surface area contributed by atoms with Crippen LogP contribution in [0, 0.1) is 5.92 Å². The first-order chi connectivity index (χ1) is 11.8. The molecule has 0 spiro atoms. The lowest BCUT2D eigenvalue weighted by Crippen LogP contribution is -2.47. The van der Waals surface area contributed by atoms with Crippen molar-refractivity contribution in [3.05, 3.63) is 24.0 Å². The molecule has 1 aromatic rings. The van der Waals surface area contributed by atoms with E-state index in [0.717, 1.165) is 32.1 Å². The summed E-state index contributed by atoms with van der Waals surface area (Å²) in [5, 5.41) is 11.1. The van der Waals surface area contributed by atoms with Crippen molar-refractivity contribution in [3.63, 3.8) is 0 Å². The second-order valence-corrected chi connectivity index (χ2v) is 6.69. The minimum atomic E-state index is -4.72. The van der Waals surface area contributed by atoms with Crippen LogP contribution in [0.15, 0.2) is 18.3 Å². The van der Waals surface area contributed by atoms with Crippen molar-refractivity contribution in [2.24, 2.45) is 5.92 Å². The number of halogens is 3. The van der Waals surface area contributed by atoms with Crippen LogP contribution < -0.4 is 4.74 Å². The maximum absolute atomic E-state index is 12.2. The average molecular weight is 360 g/mol. The molecule has 1 saturated carbocycles. The van der Waals surface area contributed by atoms with E-state index in [-0.39, 0.29) is 11.7 Å². The van der Waals surface area contributed by atoms with Crippen LogP contribution in [0.5, 0.6) is 5.75 Å². The summed E-state index contributed by atoms with van der Waals surface area (Å²) >= 11 is 0. The molecule has 0 aromatic carbocycles. The van der Waals surface area contributed by atoms with Gasteiger partial charge in [-0.2, -0.15) is 0 Å². The van der Waals surface area contributed by atoms with Crippen LogP contribution in [-0.4, -0.2) is 47.1 Å². The third-order valence-electron chi connectivity index (χ3n) is 4.84. The second-order valence-electron chi connectivity index (χ2n) is 6.69. The lowest BCUT2D eigenvalue weighted by atomic mass is 9.75. The third-order valence-corrected chi connectivity index (χ3v) is 4.84. The van der Waals surface area contributed by atoms with E-state index in [1.54, 1.807) is 6.07 Å². The maximum Gasteiger partial charge on any atom is 0.573 e. The van der Waals surface area contributed by atoms with Crippen molar-refractivity contribution in [1.82, 2.24) is 9.88 Å². The van der Waals surface area contributed by atoms with Gasteiger partial charge in [-0.25, -0.2) is 0 Å². The lowest BCUT2D eigenvalue weighted by molar-refractivity contribution is -0.274. The fraction of sp³-hybridized carbons (Fsp3) is 0.722. The van der Waals surface area contributed by atoms with Gasteiger partial charge in [0.05, 0.1) is 11.8 Å². The topological polar surface area (TPSA) is 45.6 Å². The first-order valence-corrected chi connectivity index (χ1v) is 8.89. The SMILES string of the molecule is CC.CN1CCC(O)(C(c2ccc(OC(F)(F)F)cn2)C2CC2)CC1. The number of hydrogen-bond donors (Lipinski definition) is 1. The van der Waals surface area contributed by atoms with E-state index in [2.05, 4.69) is 14.6 Å². The van der Waals surface area contributed by atoms with Gasteiger partial charge >= 0.3 is 6.36 Å². The van der Waals surface area contributed by atoms with Crippen LogP contribution in [0.1, 0.15) is 51.1 Å². The Kier molecular flexibility index (Phi) is 6.32. The molecule has 1 atom stereocenters. The van der Waals surface area contributed by atoms with Crippen molar-refractivity contribution in [1.29, 1.82) is 0 Å². The van der Waals surface area contributed by atoms with Crippen molar-refractivity contribution in [2.45, 2.75) is 57.4 Å². The highest BCUT2D eigenvalue weighted by atomic mass is 19.4. The van der Waals surface area contributed by atoms with Crippen LogP contribution >= 0.6 is 0 Å². The van der Waals surface area contributed by atoms with Gasteiger partial charge < -0.3 is 14.7 Å². The van der Waals surface area contributed by atoms with E-state index in [1.165, 1.54) is 6.07 Å². The molecule has 0 amide bonds. The Morgan fingerprint density at radius 2 is 1.84 bits per heavy atom. The molecular weight excluding hydrogens is 333 g/mol. The van der Waals surface area contributed by atoms with Gasteiger partial charge in [-0.1, -0.05) is 13.8 Å². The van der Waals surface area contributed by atoms with E-state index in [9.17, 15) is 18.3 Å². The highest BCUT2D eigenvalue weighted by molar-refractivity contribution is 5.26. The monoisotopic (exact) mass is 360 g/mol. The third kappa shape index (κ3) is 5.31. The minimum absolute atomic E-state index is 0.115. The van der Waals surface area contributed by atoms with Crippen LogP contribution in [0.25, 0.3) is 0 Å². The minimum Gasteiger partial charge on any atom is -0.404 e. The Hall–Kier alpha value is -1.34. The maximum atomic E-state index is 12.2. The van der Waals surface area contributed by atoms with E-state index in [4.69, 9.17) is 0 Å². The number of rotatable bonds is 4. The molecule has 3 rings (SSSR count). The van der Waals surface area contributed by atoms with Crippen LogP contribution in [0.3, 0.4) is 0 Å². The van der Waals surface area contributed by atoms with Gasteiger partial charge in [-0.3, -0.25) is 4.98 Å². The molecule has 1 aromatic heterocycles. The van der Waals surface area contributed by atoms with Gasteiger partial charge in [0.1, 0.15) is 5.75 Å². The molecule has 1 saturated heterocycles. The Morgan fingerprint density at radius 3 is 2.28 bits per heavy atom. The summed E-state index contributed by atoms with van der Waals surface area (Å²) in [5.41, 5.74) is -0.165. The van der Waals surface area contributed by atoms with E-state index >= 15 is 0 Å². The van der Waals surface area contributed by atoms with Crippen LogP contribution in [0.2, 0.25) is 0 Å². The van der Waals surface area contributed by atoms with Crippen molar-refractivity contribution in [2.75, 3.05) is 20.1 Å². The number of ether oxygens (including phenoxy) is 1. The zero-order valence-electron chi connectivity index (χ0n) is 15.0. The predicted molar refractivity (Wildman–Crippen MR) is 89.4 cm³/mol. The number of pyridine rings is 1. The van der Waals surface area contributed by atoms with Crippen LogP contribution in [0.4, 0.5) is 13.2 Å². The highest BCUT2D eigenvalue weighted by Gasteiger charge is 2.48. The molecule has 2 fully saturated rings. The molecule has 0 bridgehead atoms. The van der Waals surface area contributed by atoms with Gasteiger partial charge in [-0.15, -0.1) is 13.2 Å². The average Bonchev–Trinajstić information content (AvgIpc) is 3.38. The highest BCUT2D eigenvalue weighted by Crippen LogP contribution is 2.50. The number of alkyl halides is 3. The largest absolute Gasteiger partial charge is 0.573 e. The summed E-state index contributed by atoms with van der Waals surface area (Å²) in [7, 11) is 2.02. The second kappa shape index (κ2) is 7.91. The Morgan fingerprint density at radius 1 is 1.24 bits per heavy atom. The van der Waals surface area contributed by atoms with Gasteiger partial charge in [0.2, 0.25) is 0 Å². The molecule has 2 aliphatic rings. The molecular formula is C18H27F3N2O2. The zero-order valence-corrected chi connectivity index (χ0v) is 15.0. The molecule has 25 heavy (non-hydrogen) atoms. The normalized spacial score (nSPS) is 21.9.